The Morgan fingerprint density at radius 2 is 1.93 bits per heavy atom. The second kappa shape index (κ2) is 8.86. The number of nitrogens with one attached hydrogen (secondary N) is 2. The maximum atomic E-state index is 12.8. The average molecular weight is 425 g/mol. The predicted octanol–water partition coefficient (Wildman–Crippen LogP) is 3.37. The van der Waals surface area contributed by atoms with Crippen LogP contribution >= 0.6 is 11.8 Å². The Balaban J connectivity index is 1.66. The van der Waals surface area contributed by atoms with Gasteiger partial charge in [0.2, 0.25) is 11.8 Å². The second-order valence-corrected chi connectivity index (χ2v) is 11.2. The Labute approximate surface area is 171 Å². The lowest BCUT2D eigenvalue weighted by Gasteiger charge is -2.22. The van der Waals surface area contributed by atoms with Gasteiger partial charge in [0.15, 0.2) is 9.84 Å². The molecule has 2 atom stereocenters. The molecule has 154 valence electrons. The third-order valence-corrected chi connectivity index (χ3v) is 8.45. The lowest BCUT2D eigenvalue weighted by molar-refractivity contribution is -0.124. The van der Waals surface area contributed by atoms with Crippen LogP contribution in [0.25, 0.3) is 0 Å². The topological polar surface area (TPSA) is 92.3 Å². The van der Waals surface area contributed by atoms with E-state index in [-0.39, 0.29) is 33.8 Å². The van der Waals surface area contributed by atoms with Gasteiger partial charge in [-0.15, -0.1) is 11.8 Å². The first kappa shape index (κ1) is 21.2. The normalized spacial score (nSPS) is 21.9. The molecule has 1 aliphatic heterocycles. The fourth-order valence-electron chi connectivity index (χ4n) is 3.65. The van der Waals surface area contributed by atoms with Crippen LogP contribution in [0.5, 0.6) is 0 Å². The minimum atomic E-state index is -3.64. The zero-order valence-electron chi connectivity index (χ0n) is 16.4. The molecule has 1 fully saturated rings. The number of rotatable bonds is 5. The highest BCUT2D eigenvalue weighted by Gasteiger charge is 2.28. The summed E-state index contributed by atoms with van der Waals surface area (Å²) in [5, 5.41) is 5.58. The Morgan fingerprint density at radius 3 is 2.61 bits per heavy atom. The van der Waals surface area contributed by atoms with Gasteiger partial charge in [0.05, 0.1) is 21.6 Å². The largest absolute Gasteiger partial charge is 0.353 e. The third kappa shape index (κ3) is 5.08. The van der Waals surface area contributed by atoms with Gasteiger partial charge in [0, 0.05) is 16.9 Å². The van der Waals surface area contributed by atoms with E-state index in [4.69, 9.17) is 0 Å². The molecular formula is C20H28N2O4S2. The summed E-state index contributed by atoms with van der Waals surface area (Å²) in [7, 11) is -3.64. The number of hydrogen-bond donors (Lipinski definition) is 2. The fraction of sp³-hybridized carbons (Fsp3) is 0.600. The molecule has 1 saturated carbocycles. The summed E-state index contributed by atoms with van der Waals surface area (Å²) in [6.45, 7) is 3.46. The number of benzene rings is 1. The number of carbonyl (C=O) groups excluding carboxylic acids is 2. The van der Waals surface area contributed by atoms with Crippen LogP contribution in [0.1, 0.15) is 52.4 Å². The molecule has 28 heavy (non-hydrogen) atoms. The van der Waals surface area contributed by atoms with E-state index in [1.807, 2.05) is 6.92 Å². The molecule has 0 saturated heterocycles. The van der Waals surface area contributed by atoms with E-state index in [0.29, 0.717) is 5.69 Å². The van der Waals surface area contributed by atoms with Gasteiger partial charge in [0.25, 0.3) is 0 Å². The monoisotopic (exact) mass is 424 g/mol. The van der Waals surface area contributed by atoms with Crippen LogP contribution in [0.2, 0.25) is 0 Å². The zero-order valence-corrected chi connectivity index (χ0v) is 18.0. The van der Waals surface area contributed by atoms with Gasteiger partial charge in [0.1, 0.15) is 0 Å². The number of hydrogen-bond acceptors (Lipinski definition) is 5. The molecule has 0 bridgehead atoms. The molecule has 2 amide bonds. The number of carbonyl (C=O) groups is 2. The molecule has 1 heterocycles. The first-order valence-electron chi connectivity index (χ1n) is 9.91. The Kier molecular flexibility index (Phi) is 6.70. The number of anilines is 1. The molecule has 2 aliphatic rings. The number of thioether (sulfide) groups is 1. The summed E-state index contributed by atoms with van der Waals surface area (Å²) in [6, 6.07) is 4.93. The Morgan fingerprint density at radius 1 is 1.25 bits per heavy atom. The van der Waals surface area contributed by atoms with Crippen molar-refractivity contribution in [3.8, 4) is 0 Å². The summed E-state index contributed by atoms with van der Waals surface area (Å²) in [5.74, 6) is -1.22. The minimum absolute atomic E-state index is 0.135. The van der Waals surface area contributed by atoms with Crippen molar-refractivity contribution in [2.45, 2.75) is 73.5 Å². The Bertz CT molecular complexity index is 846. The van der Waals surface area contributed by atoms with Gasteiger partial charge in [-0.1, -0.05) is 32.6 Å². The third-order valence-electron chi connectivity index (χ3n) is 5.36. The summed E-state index contributed by atoms with van der Waals surface area (Å²) in [4.78, 5) is 25.4. The number of sulfone groups is 1. The van der Waals surface area contributed by atoms with Crippen LogP contribution in [-0.4, -0.2) is 37.3 Å². The SMILES string of the molecule is C[C@@H]1Sc2ccc(S(=O)(=O)C[C@H](C)C(=O)NC3CCCCCC3)cc2NC1=O. The van der Waals surface area contributed by atoms with Crippen molar-refractivity contribution in [2.24, 2.45) is 5.92 Å². The highest BCUT2D eigenvalue weighted by Crippen LogP contribution is 2.37. The van der Waals surface area contributed by atoms with Gasteiger partial charge in [-0.3, -0.25) is 9.59 Å². The van der Waals surface area contributed by atoms with E-state index in [1.165, 1.54) is 30.7 Å². The second-order valence-electron chi connectivity index (χ2n) is 7.79. The summed E-state index contributed by atoms with van der Waals surface area (Å²) >= 11 is 1.41. The standard InChI is InChI=1S/C20H28N2O4S2/c1-13(19(23)21-15-7-5-3-4-6-8-15)12-28(25,26)16-9-10-18-17(11-16)22-20(24)14(2)27-18/h9-11,13-15H,3-8,12H2,1-2H3,(H,21,23)(H,22,24)/t13-,14-/m0/s1. The quantitative estimate of drug-likeness (QED) is 0.707. The molecule has 1 aromatic rings. The van der Waals surface area contributed by atoms with Gasteiger partial charge in [-0.25, -0.2) is 8.42 Å². The van der Waals surface area contributed by atoms with Crippen molar-refractivity contribution >= 4 is 39.1 Å². The number of amides is 2. The first-order chi connectivity index (χ1) is 13.3. The van der Waals surface area contributed by atoms with E-state index in [9.17, 15) is 18.0 Å². The van der Waals surface area contributed by atoms with Crippen LogP contribution in [0.3, 0.4) is 0 Å². The molecule has 0 aromatic heterocycles. The van der Waals surface area contributed by atoms with Crippen LogP contribution in [0, 0.1) is 5.92 Å². The maximum Gasteiger partial charge on any atom is 0.237 e. The van der Waals surface area contributed by atoms with Crippen molar-refractivity contribution in [3.63, 3.8) is 0 Å². The lowest BCUT2D eigenvalue weighted by atomic mass is 10.1. The van der Waals surface area contributed by atoms with Crippen LogP contribution in [0.15, 0.2) is 28.0 Å². The maximum absolute atomic E-state index is 12.8. The molecule has 0 unspecified atom stereocenters. The van der Waals surface area contributed by atoms with Gasteiger partial charge in [-0.05, 0) is 38.0 Å². The predicted molar refractivity (Wildman–Crippen MR) is 111 cm³/mol. The van der Waals surface area contributed by atoms with Gasteiger partial charge in [-0.2, -0.15) is 0 Å². The molecule has 0 radical (unpaired) electrons. The summed E-state index contributed by atoms with van der Waals surface area (Å²) in [5.41, 5.74) is 0.518. The van der Waals surface area contributed by atoms with Crippen molar-refractivity contribution in [1.82, 2.24) is 5.32 Å². The molecule has 8 heteroatoms. The molecular weight excluding hydrogens is 396 g/mol. The summed E-state index contributed by atoms with van der Waals surface area (Å²) < 4.78 is 25.7. The van der Waals surface area contributed by atoms with E-state index >= 15 is 0 Å². The molecule has 0 spiro atoms. The van der Waals surface area contributed by atoms with Crippen molar-refractivity contribution < 1.29 is 18.0 Å². The molecule has 1 aromatic carbocycles. The average Bonchev–Trinajstić information content (AvgIpc) is 2.90. The van der Waals surface area contributed by atoms with Crippen molar-refractivity contribution in [3.05, 3.63) is 18.2 Å². The zero-order chi connectivity index (χ0) is 20.3. The Hall–Kier alpha value is -1.54. The lowest BCUT2D eigenvalue weighted by Crippen LogP contribution is -2.39. The molecule has 2 N–H and O–H groups in total. The number of fused-ring (bicyclic) bond motifs is 1. The van der Waals surface area contributed by atoms with Crippen LogP contribution in [0.4, 0.5) is 5.69 Å². The van der Waals surface area contributed by atoms with Crippen LogP contribution < -0.4 is 10.6 Å². The summed E-state index contributed by atoms with van der Waals surface area (Å²) in [6.07, 6.45) is 6.53. The molecule has 1 aliphatic carbocycles. The smallest absolute Gasteiger partial charge is 0.237 e. The minimum Gasteiger partial charge on any atom is -0.353 e. The van der Waals surface area contributed by atoms with E-state index in [2.05, 4.69) is 10.6 Å². The van der Waals surface area contributed by atoms with Gasteiger partial charge < -0.3 is 10.6 Å². The highest BCUT2D eigenvalue weighted by atomic mass is 32.2. The van der Waals surface area contributed by atoms with Gasteiger partial charge >= 0.3 is 0 Å². The molecule has 6 nitrogen and oxygen atoms in total. The van der Waals surface area contributed by atoms with E-state index in [0.717, 1.165) is 30.6 Å². The fourth-order valence-corrected chi connectivity index (χ4v) is 6.15. The van der Waals surface area contributed by atoms with E-state index in [1.54, 1.807) is 19.1 Å². The molecule has 3 rings (SSSR count). The van der Waals surface area contributed by atoms with E-state index < -0.39 is 15.8 Å². The van der Waals surface area contributed by atoms with Crippen molar-refractivity contribution in [2.75, 3.05) is 11.1 Å². The van der Waals surface area contributed by atoms with Crippen molar-refractivity contribution in [1.29, 1.82) is 0 Å². The van der Waals surface area contributed by atoms with Crippen LogP contribution in [-0.2, 0) is 19.4 Å². The first-order valence-corrected chi connectivity index (χ1v) is 12.4. The highest BCUT2D eigenvalue weighted by molar-refractivity contribution is 8.01.